The van der Waals surface area contributed by atoms with E-state index in [1.165, 1.54) is 5.56 Å². The van der Waals surface area contributed by atoms with Crippen LogP contribution in [0.15, 0.2) is 35.0 Å². The lowest BCUT2D eigenvalue weighted by molar-refractivity contribution is 0.331. The molecule has 2 rings (SSSR count). The van der Waals surface area contributed by atoms with Gasteiger partial charge in [-0.25, -0.2) is 0 Å². The molecule has 2 aromatic heterocycles. The van der Waals surface area contributed by atoms with Crippen molar-refractivity contribution in [2.24, 2.45) is 7.05 Å². The van der Waals surface area contributed by atoms with Gasteiger partial charge in [0.1, 0.15) is 11.5 Å². The van der Waals surface area contributed by atoms with Crippen LogP contribution in [0.2, 0.25) is 0 Å². The van der Waals surface area contributed by atoms with Gasteiger partial charge in [0.25, 0.3) is 0 Å². The molecule has 0 bridgehead atoms. The molecule has 2 heteroatoms. The van der Waals surface area contributed by atoms with E-state index in [1.54, 1.807) is 0 Å². The molecule has 0 saturated heterocycles. The Kier molecular flexibility index (Phi) is 4.18. The van der Waals surface area contributed by atoms with Crippen LogP contribution in [0.5, 0.6) is 0 Å². The molecule has 0 saturated carbocycles. The molecule has 0 atom stereocenters. The first kappa shape index (κ1) is 14.0. The monoisotopic (exact) mass is 259 g/mol. The summed E-state index contributed by atoms with van der Waals surface area (Å²) >= 11 is 0. The zero-order chi connectivity index (χ0) is 13.9. The van der Waals surface area contributed by atoms with Crippen molar-refractivity contribution in [2.75, 3.05) is 0 Å². The van der Waals surface area contributed by atoms with Crippen LogP contribution < -0.4 is 0 Å². The molecule has 0 aliphatic heterocycles. The molecular weight excluding hydrogens is 234 g/mol. The van der Waals surface area contributed by atoms with Crippen molar-refractivity contribution in [3.8, 4) is 0 Å². The molecule has 0 spiro atoms. The molecule has 2 heterocycles. The van der Waals surface area contributed by atoms with Crippen LogP contribution in [0, 0.1) is 6.92 Å². The molecule has 0 unspecified atom stereocenters. The summed E-state index contributed by atoms with van der Waals surface area (Å²) in [6, 6.07) is 6.48. The van der Waals surface area contributed by atoms with Crippen molar-refractivity contribution >= 4 is 0 Å². The molecule has 0 fully saturated rings. The summed E-state index contributed by atoms with van der Waals surface area (Å²) in [6.07, 6.45) is 8.97. The third-order valence-corrected chi connectivity index (χ3v) is 3.95. The van der Waals surface area contributed by atoms with E-state index in [2.05, 4.69) is 56.1 Å². The van der Waals surface area contributed by atoms with Gasteiger partial charge in [0.2, 0.25) is 0 Å². The SMILES string of the molecule is CCCC(CCC)(c1ccn(C)c1)c1ccc(C)o1. The van der Waals surface area contributed by atoms with Crippen LogP contribution >= 0.6 is 0 Å². The van der Waals surface area contributed by atoms with Crippen LogP contribution in [0.1, 0.15) is 56.6 Å². The first-order valence-corrected chi connectivity index (χ1v) is 7.31. The maximum atomic E-state index is 6.01. The lowest BCUT2D eigenvalue weighted by Crippen LogP contribution is -2.26. The van der Waals surface area contributed by atoms with Crippen molar-refractivity contribution in [3.63, 3.8) is 0 Å². The molecule has 104 valence electrons. The van der Waals surface area contributed by atoms with Crippen LogP contribution in [-0.2, 0) is 12.5 Å². The van der Waals surface area contributed by atoms with Crippen molar-refractivity contribution in [1.29, 1.82) is 0 Å². The number of hydrogen-bond acceptors (Lipinski definition) is 1. The highest BCUT2D eigenvalue weighted by Crippen LogP contribution is 2.41. The fourth-order valence-corrected chi connectivity index (χ4v) is 3.13. The van der Waals surface area contributed by atoms with E-state index in [1.807, 2.05) is 6.92 Å². The van der Waals surface area contributed by atoms with Crippen LogP contribution in [-0.4, -0.2) is 4.57 Å². The standard InChI is InChI=1S/C17H25NO/c1-5-10-17(11-6-2,15-9-12-18(4)13-15)16-8-7-14(3)19-16/h7-9,12-13H,5-6,10-11H2,1-4H3. The first-order valence-electron chi connectivity index (χ1n) is 7.31. The van der Waals surface area contributed by atoms with Gasteiger partial charge >= 0.3 is 0 Å². The summed E-state index contributed by atoms with van der Waals surface area (Å²) in [5, 5.41) is 0. The fraction of sp³-hybridized carbons (Fsp3) is 0.529. The summed E-state index contributed by atoms with van der Waals surface area (Å²) in [5.41, 5.74) is 1.42. The average Bonchev–Trinajstić information content (AvgIpc) is 2.98. The summed E-state index contributed by atoms with van der Waals surface area (Å²) in [5.74, 6) is 2.13. The lowest BCUT2D eigenvalue weighted by Gasteiger charge is -2.31. The zero-order valence-corrected chi connectivity index (χ0v) is 12.6. The van der Waals surface area contributed by atoms with Gasteiger partial charge < -0.3 is 8.98 Å². The van der Waals surface area contributed by atoms with Gasteiger partial charge in [-0.3, -0.25) is 0 Å². The zero-order valence-electron chi connectivity index (χ0n) is 12.6. The van der Waals surface area contributed by atoms with Gasteiger partial charge in [-0.1, -0.05) is 26.7 Å². The Bertz CT molecular complexity index is 473. The maximum Gasteiger partial charge on any atom is 0.114 e. The van der Waals surface area contributed by atoms with Crippen LogP contribution in [0.4, 0.5) is 0 Å². The molecule has 0 aliphatic rings. The van der Waals surface area contributed by atoms with Gasteiger partial charge in [-0.05, 0) is 43.5 Å². The van der Waals surface area contributed by atoms with E-state index in [0.29, 0.717) is 0 Å². The molecule has 0 amide bonds. The molecule has 2 aromatic rings. The van der Waals surface area contributed by atoms with Crippen molar-refractivity contribution in [2.45, 2.75) is 51.9 Å². The number of aryl methyl sites for hydroxylation is 2. The lowest BCUT2D eigenvalue weighted by atomic mass is 9.72. The Balaban J connectivity index is 2.52. The second-order valence-electron chi connectivity index (χ2n) is 5.56. The Morgan fingerprint density at radius 2 is 1.79 bits per heavy atom. The van der Waals surface area contributed by atoms with Crippen molar-refractivity contribution in [3.05, 3.63) is 47.7 Å². The Morgan fingerprint density at radius 1 is 1.11 bits per heavy atom. The van der Waals surface area contributed by atoms with Gasteiger partial charge in [0, 0.05) is 19.4 Å². The summed E-state index contributed by atoms with van der Waals surface area (Å²) in [4.78, 5) is 0. The summed E-state index contributed by atoms with van der Waals surface area (Å²) < 4.78 is 8.14. The van der Waals surface area contributed by atoms with Gasteiger partial charge in [-0.15, -0.1) is 0 Å². The molecule has 0 aromatic carbocycles. The molecule has 19 heavy (non-hydrogen) atoms. The van der Waals surface area contributed by atoms with E-state index in [9.17, 15) is 0 Å². The van der Waals surface area contributed by atoms with Crippen molar-refractivity contribution < 1.29 is 4.42 Å². The third-order valence-electron chi connectivity index (χ3n) is 3.95. The Labute approximate surface area is 116 Å². The average molecular weight is 259 g/mol. The minimum absolute atomic E-state index is 0.0407. The normalized spacial score (nSPS) is 12.0. The van der Waals surface area contributed by atoms with E-state index in [4.69, 9.17) is 4.42 Å². The Hall–Kier alpha value is -1.44. The minimum atomic E-state index is 0.0407. The van der Waals surface area contributed by atoms with Gasteiger partial charge in [-0.2, -0.15) is 0 Å². The highest BCUT2D eigenvalue weighted by Gasteiger charge is 2.36. The van der Waals surface area contributed by atoms with Crippen LogP contribution in [0.3, 0.4) is 0 Å². The van der Waals surface area contributed by atoms with E-state index < -0.39 is 0 Å². The number of rotatable bonds is 6. The number of nitrogens with zero attached hydrogens (tertiary/aromatic N) is 1. The van der Waals surface area contributed by atoms with E-state index in [0.717, 1.165) is 37.2 Å². The predicted octanol–water partition coefficient (Wildman–Crippen LogP) is 4.81. The highest BCUT2D eigenvalue weighted by molar-refractivity contribution is 5.34. The van der Waals surface area contributed by atoms with Crippen molar-refractivity contribution in [1.82, 2.24) is 4.57 Å². The largest absolute Gasteiger partial charge is 0.465 e. The Morgan fingerprint density at radius 3 is 2.21 bits per heavy atom. The fourth-order valence-electron chi connectivity index (χ4n) is 3.13. The van der Waals surface area contributed by atoms with Gasteiger partial charge in [0.05, 0.1) is 5.41 Å². The van der Waals surface area contributed by atoms with E-state index in [-0.39, 0.29) is 5.41 Å². The quantitative estimate of drug-likeness (QED) is 0.728. The number of hydrogen-bond donors (Lipinski definition) is 0. The predicted molar refractivity (Wildman–Crippen MR) is 79.5 cm³/mol. The van der Waals surface area contributed by atoms with Gasteiger partial charge in [0.15, 0.2) is 0 Å². The molecule has 0 aliphatic carbocycles. The third kappa shape index (κ3) is 2.63. The highest BCUT2D eigenvalue weighted by atomic mass is 16.3. The smallest absolute Gasteiger partial charge is 0.114 e. The maximum absolute atomic E-state index is 6.01. The second-order valence-corrected chi connectivity index (χ2v) is 5.56. The number of furan rings is 1. The molecular formula is C17H25NO. The number of aromatic nitrogens is 1. The minimum Gasteiger partial charge on any atom is -0.465 e. The van der Waals surface area contributed by atoms with E-state index >= 15 is 0 Å². The first-order chi connectivity index (χ1) is 9.12. The molecule has 2 nitrogen and oxygen atoms in total. The summed E-state index contributed by atoms with van der Waals surface area (Å²) in [6.45, 7) is 6.53. The second kappa shape index (κ2) is 5.68. The van der Waals surface area contributed by atoms with Crippen LogP contribution in [0.25, 0.3) is 0 Å². The molecule has 0 N–H and O–H groups in total. The molecule has 0 radical (unpaired) electrons. The summed E-state index contributed by atoms with van der Waals surface area (Å²) in [7, 11) is 2.08. The topological polar surface area (TPSA) is 18.1 Å².